The molecule has 1 amide bonds. The van der Waals surface area contributed by atoms with Crippen molar-refractivity contribution >= 4 is 22.8 Å². The molecular formula is C12H21N3OS. The monoisotopic (exact) mass is 255 g/mol. The third-order valence-electron chi connectivity index (χ3n) is 3.97. The number of amides is 1. The predicted octanol–water partition coefficient (Wildman–Crippen LogP) is 1.50. The van der Waals surface area contributed by atoms with Crippen molar-refractivity contribution in [2.45, 2.75) is 51.1 Å². The van der Waals surface area contributed by atoms with Gasteiger partial charge in [-0.2, -0.15) is 0 Å². The van der Waals surface area contributed by atoms with Crippen molar-refractivity contribution in [2.75, 3.05) is 5.75 Å². The van der Waals surface area contributed by atoms with Gasteiger partial charge in [-0.05, 0) is 32.1 Å². The third kappa shape index (κ3) is 2.59. The molecule has 0 radical (unpaired) electrons. The predicted molar refractivity (Wildman–Crippen MR) is 72.0 cm³/mol. The van der Waals surface area contributed by atoms with E-state index in [0.29, 0.717) is 12.5 Å². The van der Waals surface area contributed by atoms with Gasteiger partial charge in [0.1, 0.15) is 5.54 Å². The maximum atomic E-state index is 11.4. The number of aliphatic imine (C=N–C) groups is 1. The molecule has 2 rings (SSSR count). The maximum absolute atomic E-state index is 11.4. The highest BCUT2D eigenvalue weighted by atomic mass is 32.2. The fraction of sp³-hybridized carbons (Fsp3) is 0.833. The lowest BCUT2D eigenvalue weighted by Crippen LogP contribution is -2.55. The lowest BCUT2D eigenvalue weighted by atomic mass is 9.99. The molecule has 1 aliphatic carbocycles. The highest BCUT2D eigenvalue weighted by Gasteiger charge is 2.35. The summed E-state index contributed by atoms with van der Waals surface area (Å²) in [6, 6.07) is 0.465. The van der Waals surface area contributed by atoms with Crippen molar-refractivity contribution in [1.29, 1.82) is 0 Å². The number of hydrogen-bond acceptors (Lipinski definition) is 4. The molecule has 96 valence electrons. The zero-order chi connectivity index (χ0) is 12.5. The van der Waals surface area contributed by atoms with Gasteiger partial charge in [0.2, 0.25) is 5.91 Å². The number of hydrogen-bond donors (Lipinski definition) is 2. The van der Waals surface area contributed by atoms with Gasteiger partial charge in [-0.15, -0.1) is 0 Å². The minimum absolute atomic E-state index is 0.308. The number of fused-ring (bicyclic) bond motifs is 1. The molecule has 5 heteroatoms. The van der Waals surface area contributed by atoms with Crippen LogP contribution in [-0.2, 0) is 4.79 Å². The molecule has 3 N–H and O–H groups in total. The Morgan fingerprint density at radius 1 is 1.65 bits per heavy atom. The average molecular weight is 255 g/mol. The van der Waals surface area contributed by atoms with E-state index in [1.165, 1.54) is 19.3 Å². The topological polar surface area (TPSA) is 67.5 Å². The van der Waals surface area contributed by atoms with Crippen LogP contribution in [0.15, 0.2) is 4.99 Å². The van der Waals surface area contributed by atoms with Crippen LogP contribution in [0.1, 0.15) is 39.5 Å². The number of nitrogens with zero attached hydrogens (tertiary/aromatic N) is 1. The van der Waals surface area contributed by atoms with Gasteiger partial charge < -0.3 is 11.1 Å². The maximum Gasteiger partial charge on any atom is 0.242 e. The highest BCUT2D eigenvalue weighted by molar-refractivity contribution is 8.13. The van der Waals surface area contributed by atoms with Crippen LogP contribution < -0.4 is 11.1 Å². The molecule has 0 bridgehead atoms. The van der Waals surface area contributed by atoms with Gasteiger partial charge in [-0.1, -0.05) is 25.1 Å². The van der Waals surface area contributed by atoms with Gasteiger partial charge in [0.15, 0.2) is 5.17 Å². The fourth-order valence-electron chi connectivity index (χ4n) is 2.38. The second-order valence-electron chi connectivity index (χ2n) is 5.18. The van der Waals surface area contributed by atoms with Gasteiger partial charge in [0, 0.05) is 5.75 Å². The normalized spacial score (nSPS) is 31.3. The van der Waals surface area contributed by atoms with E-state index in [1.54, 1.807) is 11.8 Å². The molecule has 0 aromatic heterocycles. The van der Waals surface area contributed by atoms with Crippen molar-refractivity contribution in [3.05, 3.63) is 0 Å². The Bertz CT molecular complexity index is 345. The Kier molecular flexibility index (Phi) is 3.66. The zero-order valence-electron chi connectivity index (χ0n) is 10.5. The molecule has 17 heavy (non-hydrogen) atoms. The molecule has 1 heterocycles. The molecule has 0 aromatic rings. The molecule has 0 saturated heterocycles. The summed E-state index contributed by atoms with van der Waals surface area (Å²) in [5.41, 5.74) is 4.77. The summed E-state index contributed by atoms with van der Waals surface area (Å²) >= 11 is 1.73. The number of amidine groups is 1. The van der Waals surface area contributed by atoms with Crippen molar-refractivity contribution < 1.29 is 4.79 Å². The second-order valence-corrected chi connectivity index (χ2v) is 6.19. The summed E-state index contributed by atoms with van der Waals surface area (Å²) in [4.78, 5) is 16.2. The Hall–Kier alpha value is -0.710. The number of carbonyl (C=O) groups excluding carboxylic acids is 1. The van der Waals surface area contributed by atoms with Crippen LogP contribution in [0.5, 0.6) is 0 Å². The average Bonchev–Trinajstić information content (AvgIpc) is 2.75. The van der Waals surface area contributed by atoms with E-state index in [2.05, 4.69) is 5.32 Å². The molecule has 0 aromatic carbocycles. The number of thioether (sulfide) groups is 1. The van der Waals surface area contributed by atoms with Crippen molar-refractivity contribution in [1.82, 2.24) is 5.32 Å². The fourth-order valence-corrected chi connectivity index (χ4v) is 3.65. The molecule has 1 fully saturated rings. The van der Waals surface area contributed by atoms with Gasteiger partial charge in [0.25, 0.3) is 0 Å². The van der Waals surface area contributed by atoms with Gasteiger partial charge >= 0.3 is 0 Å². The van der Waals surface area contributed by atoms with E-state index in [0.717, 1.165) is 16.8 Å². The first-order chi connectivity index (χ1) is 8.05. The van der Waals surface area contributed by atoms with E-state index in [4.69, 9.17) is 10.7 Å². The smallest absolute Gasteiger partial charge is 0.242 e. The molecule has 1 aliphatic heterocycles. The summed E-state index contributed by atoms with van der Waals surface area (Å²) in [6.07, 6.45) is 4.45. The van der Waals surface area contributed by atoms with E-state index < -0.39 is 5.54 Å². The van der Waals surface area contributed by atoms with Crippen LogP contribution in [0.2, 0.25) is 0 Å². The van der Waals surface area contributed by atoms with Crippen LogP contribution >= 0.6 is 11.8 Å². The van der Waals surface area contributed by atoms with Gasteiger partial charge in [-0.25, -0.2) is 0 Å². The third-order valence-corrected chi connectivity index (χ3v) is 5.05. The number of nitrogens with two attached hydrogens (primary N) is 1. The SMILES string of the molecule is CCC(C)(NC1=NC2CCCC2CS1)C(N)=O. The van der Waals surface area contributed by atoms with Crippen LogP contribution in [0.25, 0.3) is 0 Å². The lowest BCUT2D eigenvalue weighted by molar-refractivity contribution is -0.123. The molecule has 0 spiro atoms. The quantitative estimate of drug-likeness (QED) is 0.803. The van der Waals surface area contributed by atoms with Crippen LogP contribution in [0, 0.1) is 5.92 Å². The largest absolute Gasteiger partial charge is 0.368 e. The zero-order valence-corrected chi connectivity index (χ0v) is 11.3. The van der Waals surface area contributed by atoms with E-state index in [1.807, 2.05) is 13.8 Å². The van der Waals surface area contributed by atoms with Crippen molar-refractivity contribution in [3.8, 4) is 0 Å². The Morgan fingerprint density at radius 2 is 2.41 bits per heavy atom. The van der Waals surface area contributed by atoms with Crippen LogP contribution in [0.3, 0.4) is 0 Å². The highest BCUT2D eigenvalue weighted by Crippen LogP contribution is 2.35. The summed E-state index contributed by atoms with van der Waals surface area (Å²) in [5, 5.41) is 4.13. The Balaban J connectivity index is 2.06. The van der Waals surface area contributed by atoms with Crippen molar-refractivity contribution in [3.63, 3.8) is 0 Å². The van der Waals surface area contributed by atoms with E-state index >= 15 is 0 Å². The number of rotatable bonds is 3. The molecule has 1 saturated carbocycles. The number of primary amides is 1. The van der Waals surface area contributed by atoms with Crippen LogP contribution in [-0.4, -0.2) is 28.4 Å². The van der Waals surface area contributed by atoms with Gasteiger partial charge in [-0.3, -0.25) is 9.79 Å². The first-order valence-electron chi connectivity index (χ1n) is 6.34. The van der Waals surface area contributed by atoms with Crippen molar-refractivity contribution in [2.24, 2.45) is 16.6 Å². The molecule has 2 aliphatic rings. The lowest BCUT2D eigenvalue weighted by Gasteiger charge is -2.31. The number of carbonyl (C=O) groups is 1. The molecule has 4 nitrogen and oxygen atoms in total. The van der Waals surface area contributed by atoms with Crippen LogP contribution in [0.4, 0.5) is 0 Å². The summed E-state index contributed by atoms with van der Waals surface area (Å²) < 4.78 is 0. The van der Waals surface area contributed by atoms with E-state index in [9.17, 15) is 4.79 Å². The molecule has 3 atom stereocenters. The van der Waals surface area contributed by atoms with Gasteiger partial charge in [0.05, 0.1) is 6.04 Å². The first kappa shape index (κ1) is 12.7. The Morgan fingerprint density at radius 3 is 3.06 bits per heavy atom. The summed E-state index contributed by atoms with van der Waals surface area (Å²) in [5.74, 6) is 1.55. The Labute approximate surface area is 107 Å². The van der Waals surface area contributed by atoms with E-state index in [-0.39, 0.29) is 5.91 Å². The standard InChI is InChI=1S/C12H21N3OS/c1-3-12(2,10(13)16)15-11-14-9-6-4-5-8(9)7-17-11/h8-9H,3-7H2,1-2H3,(H2,13,16)(H,14,15). The second kappa shape index (κ2) is 4.88. The summed E-state index contributed by atoms with van der Waals surface area (Å²) in [6.45, 7) is 3.81. The number of nitrogens with one attached hydrogen (secondary N) is 1. The summed E-state index contributed by atoms with van der Waals surface area (Å²) in [7, 11) is 0. The minimum atomic E-state index is -0.669. The molecule has 3 unspecified atom stereocenters. The first-order valence-corrected chi connectivity index (χ1v) is 7.32. The molecular weight excluding hydrogens is 234 g/mol. The minimum Gasteiger partial charge on any atom is -0.368 e.